The number of halogens is 3. The van der Waals surface area contributed by atoms with Crippen LogP contribution in [0.3, 0.4) is 0 Å². The number of ketones is 1. The summed E-state index contributed by atoms with van der Waals surface area (Å²) in [5.41, 5.74) is 2.78. The van der Waals surface area contributed by atoms with E-state index in [9.17, 15) is 18.0 Å². The fourth-order valence-corrected chi connectivity index (χ4v) is 2.49. The molecule has 0 aliphatic carbocycles. The normalized spacial score (nSPS) is 11.5. The Labute approximate surface area is 121 Å². The molecule has 110 valence electrons. The Hall–Kier alpha value is -2.10. The maximum absolute atomic E-state index is 12.5. The van der Waals surface area contributed by atoms with Crippen LogP contribution < -0.4 is 0 Å². The van der Waals surface area contributed by atoms with Crippen molar-refractivity contribution in [3.63, 3.8) is 0 Å². The predicted molar refractivity (Wildman–Crippen MR) is 75.5 cm³/mol. The molecule has 0 radical (unpaired) electrons. The third kappa shape index (κ3) is 3.15. The van der Waals surface area contributed by atoms with Crippen LogP contribution in [0.15, 0.2) is 36.4 Å². The molecule has 0 aliphatic rings. The van der Waals surface area contributed by atoms with Gasteiger partial charge >= 0.3 is 6.18 Å². The van der Waals surface area contributed by atoms with E-state index in [1.807, 2.05) is 32.9 Å². The topological polar surface area (TPSA) is 17.1 Å². The summed E-state index contributed by atoms with van der Waals surface area (Å²) in [6, 6.07) is 8.11. The molecular weight excluding hydrogens is 277 g/mol. The zero-order valence-corrected chi connectivity index (χ0v) is 12.0. The van der Waals surface area contributed by atoms with Gasteiger partial charge in [0.2, 0.25) is 0 Å². The van der Waals surface area contributed by atoms with Crippen molar-refractivity contribution < 1.29 is 18.0 Å². The second kappa shape index (κ2) is 5.35. The van der Waals surface area contributed by atoms with Gasteiger partial charge in [-0.3, -0.25) is 4.79 Å². The molecule has 0 aromatic heterocycles. The minimum atomic E-state index is -4.39. The number of rotatable bonds is 2. The Bertz CT molecular complexity index is 659. The molecule has 0 fully saturated rings. The number of carbonyl (C=O) groups is 1. The van der Waals surface area contributed by atoms with Crippen LogP contribution in [0.25, 0.3) is 0 Å². The minimum Gasteiger partial charge on any atom is -0.289 e. The molecule has 0 saturated heterocycles. The van der Waals surface area contributed by atoms with E-state index in [2.05, 4.69) is 0 Å². The summed E-state index contributed by atoms with van der Waals surface area (Å²) in [5, 5.41) is 0. The average Bonchev–Trinajstić information content (AvgIpc) is 2.36. The van der Waals surface area contributed by atoms with Crippen molar-refractivity contribution in [2.24, 2.45) is 0 Å². The molecule has 2 aromatic carbocycles. The molecule has 2 aromatic rings. The molecule has 21 heavy (non-hydrogen) atoms. The number of alkyl halides is 3. The monoisotopic (exact) mass is 292 g/mol. The van der Waals surface area contributed by atoms with Crippen molar-refractivity contribution in [3.05, 3.63) is 69.8 Å². The Morgan fingerprint density at radius 3 is 1.81 bits per heavy atom. The second-order valence-corrected chi connectivity index (χ2v) is 5.18. The quantitative estimate of drug-likeness (QED) is 0.722. The standard InChI is InChI=1S/C17H15F3O/c1-10-8-11(2)15(12(3)9-10)16(21)13-4-6-14(7-5-13)17(18,19)20/h4-9H,1-3H3. The van der Waals surface area contributed by atoms with Crippen LogP contribution in [-0.4, -0.2) is 5.78 Å². The highest BCUT2D eigenvalue weighted by Gasteiger charge is 2.30. The molecule has 0 unspecified atom stereocenters. The average molecular weight is 292 g/mol. The van der Waals surface area contributed by atoms with E-state index in [1.165, 1.54) is 12.1 Å². The van der Waals surface area contributed by atoms with E-state index in [0.29, 0.717) is 5.56 Å². The first-order chi connectivity index (χ1) is 9.70. The molecule has 0 saturated carbocycles. The van der Waals surface area contributed by atoms with Crippen molar-refractivity contribution in [1.29, 1.82) is 0 Å². The van der Waals surface area contributed by atoms with Crippen molar-refractivity contribution in [3.8, 4) is 0 Å². The van der Waals surface area contributed by atoms with Gasteiger partial charge < -0.3 is 0 Å². The lowest BCUT2D eigenvalue weighted by atomic mass is 9.93. The van der Waals surface area contributed by atoms with E-state index in [1.54, 1.807) is 0 Å². The van der Waals surface area contributed by atoms with Crippen molar-refractivity contribution in [1.82, 2.24) is 0 Å². The molecule has 0 N–H and O–H groups in total. The third-order valence-electron chi connectivity index (χ3n) is 3.38. The SMILES string of the molecule is Cc1cc(C)c(C(=O)c2ccc(C(F)(F)F)cc2)c(C)c1. The molecule has 0 spiro atoms. The van der Waals surface area contributed by atoms with Gasteiger partial charge in [-0.05, 0) is 44.0 Å². The number of hydrogen-bond acceptors (Lipinski definition) is 1. The first-order valence-electron chi connectivity index (χ1n) is 6.50. The molecule has 1 nitrogen and oxygen atoms in total. The summed E-state index contributed by atoms with van der Waals surface area (Å²) in [7, 11) is 0. The zero-order valence-electron chi connectivity index (χ0n) is 12.0. The van der Waals surface area contributed by atoms with Gasteiger partial charge in [0.15, 0.2) is 5.78 Å². The number of carbonyl (C=O) groups excluding carboxylic acids is 1. The van der Waals surface area contributed by atoms with Crippen LogP contribution in [0, 0.1) is 20.8 Å². The van der Waals surface area contributed by atoms with E-state index in [-0.39, 0.29) is 11.3 Å². The molecule has 0 aliphatic heterocycles. The number of aryl methyl sites for hydroxylation is 3. The first kappa shape index (κ1) is 15.3. The van der Waals surface area contributed by atoms with Gasteiger partial charge in [-0.25, -0.2) is 0 Å². The molecule has 2 rings (SSSR count). The minimum absolute atomic E-state index is 0.251. The van der Waals surface area contributed by atoms with Gasteiger partial charge in [-0.2, -0.15) is 13.2 Å². The molecule has 0 atom stereocenters. The Kier molecular flexibility index (Phi) is 3.90. The molecule has 0 bridgehead atoms. The summed E-state index contributed by atoms with van der Waals surface area (Å²) in [4.78, 5) is 12.5. The van der Waals surface area contributed by atoms with E-state index < -0.39 is 11.7 Å². The fourth-order valence-electron chi connectivity index (χ4n) is 2.49. The van der Waals surface area contributed by atoms with Gasteiger partial charge in [-0.1, -0.05) is 29.8 Å². The zero-order chi connectivity index (χ0) is 15.8. The molecular formula is C17H15F3O. The summed E-state index contributed by atoms with van der Waals surface area (Å²) in [6.45, 7) is 5.60. The van der Waals surface area contributed by atoms with E-state index in [4.69, 9.17) is 0 Å². The van der Waals surface area contributed by atoms with Crippen molar-refractivity contribution in [2.75, 3.05) is 0 Å². The second-order valence-electron chi connectivity index (χ2n) is 5.18. The van der Waals surface area contributed by atoms with Gasteiger partial charge in [0, 0.05) is 11.1 Å². The number of benzene rings is 2. The largest absolute Gasteiger partial charge is 0.416 e. The van der Waals surface area contributed by atoms with Gasteiger partial charge in [0.1, 0.15) is 0 Å². The molecule has 0 heterocycles. The summed E-state index contributed by atoms with van der Waals surface area (Å²) < 4.78 is 37.6. The summed E-state index contributed by atoms with van der Waals surface area (Å²) in [5.74, 6) is -0.251. The Morgan fingerprint density at radius 2 is 1.38 bits per heavy atom. The van der Waals surface area contributed by atoms with Crippen molar-refractivity contribution in [2.45, 2.75) is 26.9 Å². The maximum atomic E-state index is 12.5. The van der Waals surface area contributed by atoms with Crippen LogP contribution in [0.1, 0.15) is 38.2 Å². The highest BCUT2D eigenvalue weighted by Crippen LogP contribution is 2.29. The number of hydrogen-bond donors (Lipinski definition) is 0. The summed E-state index contributed by atoms with van der Waals surface area (Å²) >= 11 is 0. The molecule has 0 amide bonds. The fraction of sp³-hybridized carbons (Fsp3) is 0.235. The Balaban J connectivity index is 2.42. The van der Waals surface area contributed by atoms with Crippen LogP contribution in [0.4, 0.5) is 13.2 Å². The van der Waals surface area contributed by atoms with Crippen molar-refractivity contribution >= 4 is 5.78 Å². The third-order valence-corrected chi connectivity index (χ3v) is 3.38. The van der Waals surface area contributed by atoms with Gasteiger partial charge in [0.05, 0.1) is 5.56 Å². The van der Waals surface area contributed by atoms with Crippen LogP contribution >= 0.6 is 0 Å². The molecule has 4 heteroatoms. The summed E-state index contributed by atoms with van der Waals surface area (Å²) in [6.07, 6.45) is -4.39. The predicted octanol–water partition coefficient (Wildman–Crippen LogP) is 4.86. The lowest BCUT2D eigenvalue weighted by Gasteiger charge is -2.11. The van der Waals surface area contributed by atoms with Crippen LogP contribution in [0.5, 0.6) is 0 Å². The maximum Gasteiger partial charge on any atom is 0.416 e. The van der Waals surface area contributed by atoms with Crippen LogP contribution in [-0.2, 0) is 6.18 Å². The lowest BCUT2D eigenvalue weighted by Crippen LogP contribution is -2.09. The lowest BCUT2D eigenvalue weighted by molar-refractivity contribution is -0.137. The Morgan fingerprint density at radius 1 is 0.905 bits per heavy atom. The smallest absolute Gasteiger partial charge is 0.289 e. The highest BCUT2D eigenvalue weighted by molar-refractivity contribution is 6.10. The first-order valence-corrected chi connectivity index (χ1v) is 6.50. The van der Waals surface area contributed by atoms with Gasteiger partial charge in [-0.15, -0.1) is 0 Å². The van der Waals surface area contributed by atoms with E-state index >= 15 is 0 Å². The highest BCUT2D eigenvalue weighted by atomic mass is 19.4. The van der Waals surface area contributed by atoms with E-state index in [0.717, 1.165) is 28.8 Å². The van der Waals surface area contributed by atoms with Crippen LogP contribution in [0.2, 0.25) is 0 Å². The van der Waals surface area contributed by atoms with Gasteiger partial charge in [0.25, 0.3) is 0 Å².